The molecule has 0 rings (SSSR count). The number of carbonyl (C=O) groups is 2. The first kappa shape index (κ1) is 12.9. The van der Waals surface area contributed by atoms with Crippen molar-refractivity contribution in [2.75, 3.05) is 13.1 Å². The Bertz CT molecular complexity index is 191. The highest BCUT2D eigenvalue weighted by atomic mass is 16.2. The quantitative estimate of drug-likeness (QED) is 0.662. The van der Waals surface area contributed by atoms with Crippen LogP contribution in [0.3, 0.4) is 0 Å². The fraction of sp³-hybridized carbons (Fsp3) is 0.800. The lowest BCUT2D eigenvalue weighted by Gasteiger charge is -2.07. The second kappa shape index (κ2) is 7.35. The van der Waals surface area contributed by atoms with E-state index >= 15 is 0 Å². The summed E-state index contributed by atoms with van der Waals surface area (Å²) in [5.74, 6) is 0.143. The summed E-state index contributed by atoms with van der Waals surface area (Å²) in [6, 6.07) is 0. The Morgan fingerprint density at radius 1 is 1.14 bits per heavy atom. The smallest absolute Gasteiger partial charge is 0.239 e. The normalized spacial score (nSPS) is 10.0. The van der Waals surface area contributed by atoms with Crippen LogP contribution in [0.25, 0.3) is 0 Å². The van der Waals surface area contributed by atoms with Crippen molar-refractivity contribution in [3.8, 4) is 0 Å². The van der Waals surface area contributed by atoms with Gasteiger partial charge in [0, 0.05) is 13.0 Å². The largest absolute Gasteiger partial charge is 0.355 e. The Balaban J connectivity index is 3.51. The maximum absolute atomic E-state index is 11.1. The highest BCUT2D eigenvalue weighted by molar-refractivity contribution is 5.84. The molecule has 2 N–H and O–H groups in total. The van der Waals surface area contributed by atoms with Gasteiger partial charge in [-0.15, -0.1) is 0 Å². The van der Waals surface area contributed by atoms with Crippen molar-refractivity contribution in [1.29, 1.82) is 0 Å². The van der Waals surface area contributed by atoms with Gasteiger partial charge in [-0.1, -0.05) is 20.8 Å². The van der Waals surface area contributed by atoms with E-state index in [0.717, 1.165) is 6.42 Å². The Kier molecular flexibility index (Phi) is 6.80. The van der Waals surface area contributed by atoms with Gasteiger partial charge in [0.05, 0.1) is 6.54 Å². The van der Waals surface area contributed by atoms with Gasteiger partial charge in [-0.05, 0) is 12.3 Å². The molecular formula is C10H20N2O2. The van der Waals surface area contributed by atoms with Crippen molar-refractivity contribution in [3.63, 3.8) is 0 Å². The van der Waals surface area contributed by atoms with Crippen molar-refractivity contribution >= 4 is 11.8 Å². The summed E-state index contributed by atoms with van der Waals surface area (Å²) in [5, 5.41) is 5.26. The van der Waals surface area contributed by atoms with Crippen molar-refractivity contribution in [1.82, 2.24) is 10.6 Å². The lowest BCUT2D eigenvalue weighted by atomic mass is 10.1. The summed E-state index contributed by atoms with van der Waals surface area (Å²) in [6.45, 7) is 6.68. The van der Waals surface area contributed by atoms with Crippen LogP contribution in [0.1, 0.15) is 33.6 Å². The zero-order chi connectivity index (χ0) is 11.0. The van der Waals surface area contributed by atoms with Gasteiger partial charge in [0.15, 0.2) is 0 Å². The van der Waals surface area contributed by atoms with Gasteiger partial charge < -0.3 is 10.6 Å². The van der Waals surface area contributed by atoms with Gasteiger partial charge >= 0.3 is 0 Å². The molecular weight excluding hydrogens is 180 g/mol. The molecule has 0 heterocycles. The Labute approximate surface area is 85.4 Å². The molecule has 14 heavy (non-hydrogen) atoms. The van der Waals surface area contributed by atoms with E-state index in [4.69, 9.17) is 0 Å². The van der Waals surface area contributed by atoms with Crippen LogP contribution in [-0.2, 0) is 9.59 Å². The predicted octanol–water partition coefficient (Wildman–Crippen LogP) is 0.675. The molecule has 0 aliphatic carbocycles. The number of amides is 2. The van der Waals surface area contributed by atoms with Crippen molar-refractivity contribution in [2.24, 2.45) is 5.92 Å². The monoisotopic (exact) mass is 200 g/mol. The highest BCUT2D eigenvalue weighted by Crippen LogP contribution is 1.97. The van der Waals surface area contributed by atoms with Crippen LogP contribution in [0.2, 0.25) is 0 Å². The molecule has 0 aromatic carbocycles. The number of rotatable bonds is 6. The van der Waals surface area contributed by atoms with E-state index in [1.807, 2.05) is 20.8 Å². The highest BCUT2D eigenvalue weighted by Gasteiger charge is 2.06. The predicted molar refractivity (Wildman–Crippen MR) is 55.8 cm³/mol. The molecule has 2 amide bonds. The van der Waals surface area contributed by atoms with Gasteiger partial charge in [-0.3, -0.25) is 9.59 Å². The first-order chi connectivity index (χ1) is 6.56. The van der Waals surface area contributed by atoms with Gasteiger partial charge in [0.1, 0.15) is 0 Å². The molecule has 4 heteroatoms. The third kappa shape index (κ3) is 7.58. The number of nitrogens with one attached hydrogen (secondary N) is 2. The van der Waals surface area contributed by atoms with Crippen LogP contribution in [0.4, 0.5) is 0 Å². The molecule has 0 aromatic heterocycles. The molecule has 0 aliphatic rings. The van der Waals surface area contributed by atoms with Crippen LogP contribution < -0.4 is 10.6 Å². The van der Waals surface area contributed by atoms with Crippen LogP contribution >= 0.6 is 0 Å². The molecule has 0 aliphatic heterocycles. The van der Waals surface area contributed by atoms with Crippen molar-refractivity contribution in [2.45, 2.75) is 33.6 Å². The van der Waals surface area contributed by atoms with Gasteiger partial charge in [0.25, 0.3) is 0 Å². The average molecular weight is 200 g/mol. The molecule has 82 valence electrons. The molecule has 0 saturated heterocycles. The number of hydrogen-bond donors (Lipinski definition) is 2. The van der Waals surface area contributed by atoms with E-state index in [9.17, 15) is 9.59 Å². The molecule has 0 bridgehead atoms. The van der Waals surface area contributed by atoms with E-state index in [1.165, 1.54) is 0 Å². The molecule has 0 spiro atoms. The topological polar surface area (TPSA) is 58.2 Å². The van der Waals surface area contributed by atoms with Crippen LogP contribution in [0.5, 0.6) is 0 Å². The minimum absolute atomic E-state index is 0.0633. The van der Waals surface area contributed by atoms with Gasteiger partial charge in [-0.2, -0.15) is 0 Å². The fourth-order valence-electron chi connectivity index (χ4n) is 0.949. The van der Waals surface area contributed by atoms with E-state index in [0.29, 0.717) is 18.9 Å². The standard InChI is InChI=1S/C10H20N2O2/c1-4-5-11-10(14)7-12-9(13)6-8(2)3/h8H,4-7H2,1-3H3,(H,11,14)(H,12,13). The van der Waals surface area contributed by atoms with E-state index in [1.54, 1.807) is 0 Å². The minimum atomic E-state index is -0.121. The Morgan fingerprint density at radius 2 is 1.79 bits per heavy atom. The fourth-order valence-corrected chi connectivity index (χ4v) is 0.949. The maximum atomic E-state index is 11.1. The lowest BCUT2D eigenvalue weighted by molar-refractivity contribution is -0.126. The first-order valence-corrected chi connectivity index (χ1v) is 5.09. The van der Waals surface area contributed by atoms with E-state index < -0.39 is 0 Å². The second-order valence-electron chi connectivity index (χ2n) is 3.72. The van der Waals surface area contributed by atoms with Crippen LogP contribution in [0, 0.1) is 5.92 Å². The SMILES string of the molecule is CCCNC(=O)CNC(=O)CC(C)C. The van der Waals surface area contributed by atoms with Gasteiger partial charge in [-0.25, -0.2) is 0 Å². The molecule has 0 unspecified atom stereocenters. The summed E-state index contributed by atoms with van der Waals surface area (Å²) in [4.78, 5) is 22.2. The zero-order valence-electron chi connectivity index (χ0n) is 9.22. The molecule has 0 atom stereocenters. The van der Waals surface area contributed by atoms with E-state index in [-0.39, 0.29) is 18.4 Å². The molecule has 0 aromatic rings. The summed E-state index contributed by atoms with van der Waals surface area (Å²) >= 11 is 0. The molecule has 0 saturated carbocycles. The number of hydrogen-bond acceptors (Lipinski definition) is 2. The molecule has 0 fully saturated rings. The third-order valence-electron chi connectivity index (χ3n) is 1.61. The molecule has 4 nitrogen and oxygen atoms in total. The molecule has 0 radical (unpaired) electrons. The Hall–Kier alpha value is -1.06. The summed E-state index contributed by atoms with van der Waals surface area (Å²) in [7, 11) is 0. The first-order valence-electron chi connectivity index (χ1n) is 5.09. The van der Waals surface area contributed by atoms with Crippen LogP contribution in [-0.4, -0.2) is 24.9 Å². The number of carbonyl (C=O) groups excluding carboxylic acids is 2. The minimum Gasteiger partial charge on any atom is -0.355 e. The summed E-state index contributed by atoms with van der Waals surface area (Å²) < 4.78 is 0. The van der Waals surface area contributed by atoms with E-state index in [2.05, 4.69) is 10.6 Å². The summed E-state index contributed by atoms with van der Waals surface area (Å²) in [5.41, 5.74) is 0. The third-order valence-corrected chi connectivity index (χ3v) is 1.61. The van der Waals surface area contributed by atoms with Gasteiger partial charge in [0.2, 0.25) is 11.8 Å². The Morgan fingerprint density at radius 3 is 2.29 bits per heavy atom. The zero-order valence-corrected chi connectivity index (χ0v) is 9.22. The maximum Gasteiger partial charge on any atom is 0.239 e. The lowest BCUT2D eigenvalue weighted by Crippen LogP contribution is -2.37. The summed E-state index contributed by atoms with van der Waals surface area (Å²) in [6.07, 6.45) is 1.38. The van der Waals surface area contributed by atoms with Crippen molar-refractivity contribution in [3.05, 3.63) is 0 Å². The van der Waals surface area contributed by atoms with Crippen LogP contribution in [0.15, 0.2) is 0 Å². The average Bonchev–Trinajstić information content (AvgIpc) is 2.10. The second-order valence-corrected chi connectivity index (χ2v) is 3.72. The van der Waals surface area contributed by atoms with Crippen molar-refractivity contribution < 1.29 is 9.59 Å².